The van der Waals surface area contributed by atoms with Gasteiger partial charge in [-0.15, -0.1) is 0 Å². The quantitative estimate of drug-likeness (QED) is 0.734. The fourth-order valence-electron chi connectivity index (χ4n) is 2.41. The van der Waals surface area contributed by atoms with Gasteiger partial charge in [0.25, 0.3) is 0 Å². The van der Waals surface area contributed by atoms with Crippen LogP contribution in [0.5, 0.6) is 0 Å². The van der Waals surface area contributed by atoms with Gasteiger partial charge in [-0.3, -0.25) is 4.98 Å². The highest BCUT2D eigenvalue weighted by Gasteiger charge is 2.25. The number of aromatic amines is 1. The van der Waals surface area contributed by atoms with Gasteiger partial charge in [-0.25, -0.2) is 4.98 Å². The molecule has 4 heteroatoms. The van der Waals surface area contributed by atoms with Crippen molar-refractivity contribution in [2.24, 2.45) is 0 Å². The molecule has 0 atom stereocenters. The van der Waals surface area contributed by atoms with Crippen LogP contribution in [0.2, 0.25) is 0 Å². The summed E-state index contributed by atoms with van der Waals surface area (Å²) >= 11 is 0. The number of nitrogen functional groups attached to an aromatic ring is 1. The van der Waals surface area contributed by atoms with E-state index in [2.05, 4.69) is 27.1 Å². The van der Waals surface area contributed by atoms with Crippen LogP contribution in [0.3, 0.4) is 0 Å². The zero-order chi connectivity index (χ0) is 12.8. The summed E-state index contributed by atoms with van der Waals surface area (Å²) in [5, 5.41) is 1.04. The molecule has 3 aromatic rings. The number of pyridine rings is 2. The Morgan fingerprint density at radius 3 is 2.89 bits per heavy atom. The highest BCUT2D eigenvalue weighted by Crippen LogP contribution is 2.39. The highest BCUT2D eigenvalue weighted by molar-refractivity contribution is 5.84. The predicted octanol–water partition coefficient (Wildman–Crippen LogP) is 3.08. The second kappa shape index (κ2) is 3.82. The monoisotopic (exact) mass is 250 g/mol. The van der Waals surface area contributed by atoms with Gasteiger partial charge < -0.3 is 10.7 Å². The van der Waals surface area contributed by atoms with Crippen LogP contribution in [-0.4, -0.2) is 15.0 Å². The highest BCUT2D eigenvalue weighted by atomic mass is 14.9. The Labute approximate surface area is 110 Å². The van der Waals surface area contributed by atoms with Crippen molar-refractivity contribution in [2.75, 3.05) is 5.73 Å². The summed E-state index contributed by atoms with van der Waals surface area (Å²) in [5.74, 6) is 0.665. The standard InChI is InChI=1S/C15H14N4/c16-12-5-11-7-14(19-15(11)18-8-12)10-3-4-17-13(6-10)9-1-2-9/h3-9H,1-2,16H2,(H,18,19). The topological polar surface area (TPSA) is 67.6 Å². The van der Waals surface area contributed by atoms with Crippen molar-refractivity contribution in [2.45, 2.75) is 18.8 Å². The summed E-state index contributed by atoms with van der Waals surface area (Å²) in [7, 11) is 0. The van der Waals surface area contributed by atoms with Gasteiger partial charge in [-0.2, -0.15) is 0 Å². The number of hydrogen-bond donors (Lipinski definition) is 2. The second-order valence-electron chi connectivity index (χ2n) is 5.13. The number of hydrogen-bond acceptors (Lipinski definition) is 3. The Kier molecular flexibility index (Phi) is 2.12. The number of fused-ring (bicyclic) bond motifs is 1. The van der Waals surface area contributed by atoms with Gasteiger partial charge in [0.15, 0.2) is 0 Å². The molecule has 4 rings (SSSR count). The molecule has 1 aliphatic carbocycles. The van der Waals surface area contributed by atoms with Crippen molar-refractivity contribution in [3.05, 3.63) is 42.4 Å². The maximum absolute atomic E-state index is 5.76. The van der Waals surface area contributed by atoms with E-state index in [1.54, 1.807) is 6.20 Å². The van der Waals surface area contributed by atoms with Crippen molar-refractivity contribution in [3.63, 3.8) is 0 Å². The molecule has 1 fully saturated rings. The molecule has 0 radical (unpaired) electrons. The van der Waals surface area contributed by atoms with Crippen molar-refractivity contribution in [1.82, 2.24) is 15.0 Å². The predicted molar refractivity (Wildman–Crippen MR) is 75.7 cm³/mol. The van der Waals surface area contributed by atoms with E-state index in [1.807, 2.05) is 18.3 Å². The first-order valence-electron chi connectivity index (χ1n) is 6.50. The van der Waals surface area contributed by atoms with Crippen LogP contribution in [-0.2, 0) is 0 Å². The number of H-pyrrole nitrogens is 1. The van der Waals surface area contributed by atoms with Gasteiger partial charge >= 0.3 is 0 Å². The van der Waals surface area contributed by atoms with Crippen LogP contribution < -0.4 is 5.73 Å². The van der Waals surface area contributed by atoms with Crippen LogP contribution in [0.25, 0.3) is 22.3 Å². The lowest BCUT2D eigenvalue weighted by atomic mass is 10.1. The third kappa shape index (κ3) is 1.85. The molecule has 3 N–H and O–H groups in total. The van der Waals surface area contributed by atoms with Crippen molar-refractivity contribution in [1.29, 1.82) is 0 Å². The Morgan fingerprint density at radius 1 is 1.16 bits per heavy atom. The minimum Gasteiger partial charge on any atom is -0.397 e. The van der Waals surface area contributed by atoms with Crippen molar-refractivity contribution in [3.8, 4) is 11.3 Å². The van der Waals surface area contributed by atoms with E-state index in [0.29, 0.717) is 11.6 Å². The summed E-state index contributed by atoms with van der Waals surface area (Å²) in [4.78, 5) is 12.1. The maximum atomic E-state index is 5.76. The molecule has 0 bridgehead atoms. The van der Waals surface area contributed by atoms with Crippen LogP contribution >= 0.6 is 0 Å². The first-order chi connectivity index (χ1) is 9.29. The van der Waals surface area contributed by atoms with Crippen LogP contribution in [0, 0.1) is 0 Å². The molecule has 1 aliphatic rings. The molecule has 0 spiro atoms. The van der Waals surface area contributed by atoms with Crippen LogP contribution in [0.4, 0.5) is 5.69 Å². The molecule has 4 nitrogen and oxygen atoms in total. The molecule has 0 unspecified atom stereocenters. The molecule has 94 valence electrons. The zero-order valence-corrected chi connectivity index (χ0v) is 10.4. The van der Waals surface area contributed by atoms with Crippen molar-refractivity contribution < 1.29 is 0 Å². The largest absolute Gasteiger partial charge is 0.397 e. The number of nitrogens with two attached hydrogens (primary N) is 1. The minimum absolute atomic E-state index is 0.665. The van der Waals surface area contributed by atoms with Gasteiger partial charge in [0.2, 0.25) is 0 Å². The SMILES string of the molecule is Nc1cnc2[nH]c(-c3ccnc(C4CC4)c3)cc2c1. The zero-order valence-electron chi connectivity index (χ0n) is 10.4. The average molecular weight is 250 g/mol. The fraction of sp³-hybridized carbons (Fsp3) is 0.200. The third-order valence-corrected chi connectivity index (χ3v) is 3.58. The normalized spacial score (nSPS) is 14.9. The van der Waals surface area contributed by atoms with E-state index in [9.17, 15) is 0 Å². The van der Waals surface area contributed by atoms with Gasteiger partial charge in [0.1, 0.15) is 5.65 Å². The summed E-state index contributed by atoms with van der Waals surface area (Å²) in [6.07, 6.45) is 6.09. The van der Waals surface area contributed by atoms with E-state index in [4.69, 9.17) is 5.73 Å². The smallest absolute Gasteiger partial charge is 0.137 e. The third-order valence-electron chi connectivity index (χ3n) is 3.58. The van der Waals surface area contributed by atoms with E-state index in [-0.39, 0.29) is 0 Å². The molecule has 0 aromatic carbocycles. The molecule has 0 saturated heterocycles. The number of rotatable bonds is 2. The molecule has 3 heterocycles. The fourth-order valence-corrected chi connectivity index (χ4v) is 2.41. The first-order valence-corrected chi connectivity index (χ1v) is 6.50. The molecular formula is C15H14N4. The average Bonchev–Trinajstić information content (AvgIpc) is 3.19. The summed E-state index contributed by atoms with van der Waals surface area (Å²) in [6, 6.07) is 8.22. The van der Waals surface area contributed by atoms with E-state index < -0.39 is 0 Å². The molecular weight excluding hydrogens is 236 g/mol. The number of nitrogens with zero attached hydrogens (tertiary/aromatic N) is 2. The van der Waals surface area contributed by atoms with E-state index in [0.717, 1.165) is 22.3 Å². The summed E-state index contributed by atoms with van der Waals surface area (Å²) < 4.78 is 0. The molecule has 19 heavy (non-hydrogen) atoms. The van der Waals surface area contributed by atoms with E-state index in [1.165, 1.54) is 18.5 Å². The van der Waals surface area contributed by atoms with E-state index >= 15 is 0 Å². The van der Waals surface area contributed by atoms with Gasteiger partial charge in [0.05, 0.1) is 11.9 Å². The number of aromatic nitrogens is 3. The lowest BCUT2D eigenvalue weighted by Gasteiger charge is -2.01. The molecule has 1 saturated carbocycles. The Bertz CT molecular complexity index is 756. The van der Waals surface area contributed by atoms with Gasteiger partial charge in [-0.1, -0.05) is 0 Å². The number of nitrogens with one attached hydrogen (secondary N) is 1. The molecule has 3 aromatic heterocycles. The van der Waals surface area contributed by atoms with Crippen LogP contribution in [0.1, 0.15) is 24.5 Å². The minimum atomic E-state index is 0.665. The number of anilines is 1. The molecule has 0 amide bonds. The Hall–Kier alpha value is -2.36. The van der Waals surface area contributed by atoms with Gasteiger partial charge in [0, 0.05) is 34.5 Å². The summed E-state index contributed by atoms with van der Waals surface area (Å²) in [5.41, 5.74) is 10.7. The second-order valence-corrected chi connectivity index (χ2v) is 5.13. The van der Waals surface area contributed by atoms with Crippen LogP contribution in [0.15, 0.2) is 36.7 Å². The lowest BCUT2D eigenvalue weighted by Crippen LogP contribution is -1.87. The summed E-state index contributed by atoms with van der Waals surface area (Å²) in [6.45, 7) is 0. The maximum Gasteiger partial charge on any atom is 0.137 e. The first kappa shape index (κ1) is 10.6. The Balaban J connectivity index is 1.82. The molecule has 0 aliphatic heterocycles. The lowest BCUT2D eigenvalue weighted by molar-refractivity contribution is 1.02. The Morgan fingerprint density at radius 2 is 2.05 bits per heavy atom. The van der Waals surface area contributed by atoms with Crippen molar-refractivity contribution >= 4 is 16.7 Å². The van der Waals surface area contributed by atoms with Gasteiger partial charge in [-0.05, 0) is 37.1 Å².